The van der Waals surface area contributed by atoms with Gasteiger partial charge in [0.25, 0.3) is 0 Å². The molecule has 37 heavy (non-hydrogen) atoms. The maximum Gasteiger partial charge on any atom is 0.224 e. The summed E-state index contributed by atoms with van der Waals surface area (Å²) >= 11 is 0. The highest BCUT2D eigenvalue weighted by Gasteiger charge is 2.36. The van der Waals surface area contributed by atoms with Crippen molar-refractivity contribution in [2.45, 2.75) is 71.2 Å². The molecule has 2 aliphatic heterocycles. The van der Waals surface area contributed by atoms with Gasteiger partial charge in [0.1, 0.15) is 5.82 Å². The summed E-state index contributed by atoms with van der Waals surface area (Å²) in [7, 11) is 0. The van der Waals surface area contributed by atoms with Gasteiger partial charge in [-0.1, -0.05) is 18.2 Å². The highest BCUT2D eigenvalue weighted by molar-refractivity contribution is 5.92. The first-order valence-corrected chi connectivity index (χ1v) is 13.3. The van der Waals surface area contributed by atoms with E-state index in [9.17, 15) is 9.59 Å². The van der Waals surface area contributed by atoms with Crippen LogP contribution in [-0.4, -0.2) is 61.3 Å². The number of fused-ring (bicyclic) bond motifs is 3. The molecule has 194 valence electrons. The van der Waals surface area contributed by atoms with E-state index in [1.54, 1.807) is 13.1 Å². The van der Waals surface area contributed by atoms with Crippen molar-refractivity contribution in [2.24, 2.45) is 0 Å². The fraction of sp³-hybridized carbons (Fsp3) is 0.448. The fourth-order valence-corrected chi connectivity index (χ4v) is 5.84. The van der Waals surface area contributed by atoms with E-state index in [1.807, 2.05) is 58.1 Å². The summed E-state index contributed by atoms with van der Waals surface area (Å²) in [5, 5.41) is 0. The van der Waals surface area contributed by atoms with Crippen molar-refractivity contribution in [1.29, 1.82) is 0 Å². The van der Waals surface area contributed by atoms with Crippen LogP contribution in [0.1, 0.15) is 49.6 Å². The Morgan fingerprint density at radius 3 is 2.54 bits per heavy atom. The third kappa shape index (κ3) is 5.74. The van der Waals surface area contributed by atoms with Crippen LogP contribution >= 0.6 is 0 Å². The third-order valence-corrected chi connectivity index (χ3v) is 7.87. The van der Waals surface area contributed by atoms with Crippen LogP contribution in [0.25, 0.3) is 0 Å². The lowest BCUT2D eigenvalue weighted by molar-refractivity contribution is -0.133. The second-order valence-electron chi connectivity index (χ2n) is 10.2. The first-order valence-electron chi connectivity index (χ1n) is 13.3. The first kappa shape index (κ1) is 25.1. The summed E-state index contributed by atoms with van der Waals surface area (Å²) in [6, 6.07) is 12.8. The number of imidazole rings is 1. The molecule has 0 N–H and O–H groups in total. The molecule has 0 saturated carbocycles. The number of rotatable bonds is 5. The number of hydrogen-bond donors (Lipinski definition) is 0. The summed E-state index contributed by atoms with van der Waals surface area (Å²) in [5.74, 6) is 1.08. The second-order valence-corrected chi connectivity index (χ2v) is 10.2. The molecular weight excluding hydrogens is 464 g/mol. The van der Waals surface area contributed by atoms with E-state index < -0.39 is 0 Å². The standard InChI is InChI=1S/C29H36N6O2/c1-22-31-15-18-32(22)16-12-29(37)33-20-25-5-3-4-6-28(25)34(23(2)36)17-11-26-7-8-27(21-33)35(26)19-24-9-13-30-14-10-24/h3-6,9-10,13-15,18,26-27H,7-8,11-12,16-17,19-21H2,1-2H3/t26-,27+/m1/s1. The predicted molar refractivity (Wildman–Crippen MR) is 143 cm³/mol. The zero-order valence-electron chi connectivity index (χ0n) is 21.8. The van der Waals surface area contributed by atoms with Crippen LogP contribution < -0.4 is 4.90 Å². The summed E-state index contributed by atoms with van der Waals surface area (Å²) in [6.45, 7) is 6.87. The number of nitrogens with zero attached hydrogens (tertiary/aromatic N) is 6. The molecule has 0 radical (unpaired) electrons. The van der Waals surface area contributed by atoms with Gasteiger partial charge in [-0.15, -0.1) is 0 Å². The molecule has 3 aromatic rings. The molecule has 2 atom stereocenters. The minimum Gasteiger partial charge on any atom is -0.337 e. The van der Waals surface area contributed by atoms with E-state index in [-0.39, 0.29) is 17.9 Å². The minimum absolute atomic E-state index is 0.0374. The number of anilines is 1. The molecule has 5 rings (SSSR count). The predicted octanol–water partition coefficient (Wildman–Crippen LogP) is 3.80. The zero-order chi connectivity index (χ0) is 25.8. The summed E-state index contributed by atoms with van der Waals surface area (Å²) in [4.78, 5) is 41.4. The van der Waals surface area contributed by atoms with Crippen LogP contribution in [0.5, 0.6) is 0 Å². The van der Waals surface area contributed by atoms with Gasteiger partial charge in [-0.3, -0.25) is 19.5 Å². The van der Waals surface area contributed by atoms with Crippen molar-refractivity contribution in [3.05, 3.63) is 78.1 Å². The van der Waals surface area contributed by atoms with Gasteiger partial charge in [-0.2, -0.15) is 0 Å². The Morgan fingerprint density at radius 1 is 1.00 bits per heavy atom. The molecule has 8 nitrogen and oxygen atoms in total. The molecule has 0 aliphatic carbocycles. The number of aryl methyl sites for hydroxylation is 2. The van der Waals surface area contributed by atoms with Crippen molar-refractivity contribution < 1.29 is 9.59 Å². The lowest BCUT2D eigenvalue weighted by atomic mass is 10.1. The molecule has 2 amide bonds. The Hall–Kier alpha value is -3.52. The van der Waals surface area contributed by atoms with Crippen LogP contribution in [0.3, 0.4) is 0 Å². The molecule has 0 unspecified atom stereocenters. The van der Waals surface area contributed by atoms with Crippen molar-refractivity contribution in [1.82, 2.24) is 24.3 Å². The van der Waals surface area contributed by atoms with Crippen molar-refractivity contribution in [3.63, 3.8) is 0 Å². The van der Waals surface area contributed by atoms with E-state index in [2.05, 4.69) is 33.1 Å². The number of pyridine rings is 1. The lowest BCUT2D eigenvalue weighted by Gasteiger charge is -2.34. The third-order valence-electron chi connectivity index (χ3n) is 7.87. The van der Waals surface area contributed by atoms with Crippen LogP contribution in [0, 0.1) is 6.92 Å². The average Bonchev–Trinajstić information content (AvgIpc) is 3.47. The molecule has 2 aliphatic rings. The van der Waals surface area contributed by atoms with Gasteiger partial charge in [0.2, 0.25) is 11.8 Å². The van der Waals surface area contributed by atoms with Gasteiger partial charge in [0.15, 0.2) is 0 Å². The number of carbonyl (C=O) groups is 2. The number of aromatic nitrogens is 3. The minimum atomic E-state index is 0.0374. The summed E-state index contributed by atoms with van der Waals surface area (Å²) in [5.41, 5.74) is 3.15. The van der Waals surface area contributed by atoms with Gasteiger partial charge < -0.3 is 14.4 Å². The molecule has 1 saturated heterocycles. The molecule has 2 aromatic heterocycles. The van der Waals surface area contributed by atoms with Gasteiger partial charge in [-0.05, 0) is 55.5 Å². The van der Waals surface area contributed by atoms with Gasteiger partial charge in [-0.25, -0.2) is 4.98 Å². The number of carbonyl (C=O) groups excluding carboxylic acids is 2. The molecular formula is C29H36N6O2. The molecule has 8 heteroatoms. The number of amides is 2. The topological polar surface area (TPSA) is 74.6 Å². The molecule has 1 fully saturated rings. The average molecular weight is 501 g/mol. The molecule has 2 bridgehead atoms. The normalized spacial score (nSPS) is 20.4. The lowest BCUT2D eigenvalue weighted by Crippen LogP contribution is -2.45. The van der Waals surface area contributed by atoms with Gasteiger partial charge in [0.05, 0.1) is 0 Å². The van der Waals surface area contributed by atoms with E-state index in [0.717, 1.165) is 42.9 Å². The van der Waals surface area contributed by atoms with Crippen molar-refractivity contribution in [3.8, 4) is 0 Å². The first-order chi connectivity index (χ1) is 18.0. The van der Waals surface area contributed by atoms with E-state index in [0.29, 0.717) is 38.6 Å². The summed E-state index contributed by atoms with van der Waals surface area (Å²) < 4.78 is 2.02. The summed E-state index contributed by atoms with van der Waals surface area (Å²) in [6.07, 6.45) is 10.8. The van der Waals surface area contributed by atoms with E-state index in [4.69, 9.17) is 0 Å². The Kier molecular flexibility index (Phi) is 7.65. The molecule has 4 heterocycles. The number of benzene rings is 1. The van der Waals surface area contributed by atoms with Crippen molar-refractivity contribution in [2.75, 3.05) is 18.0 Å². The highest BCUT2D eigenvalue weighted by atomic mass is 16.2. The van der Waals surface area contributed by atoms with Crippen LogP contribution in [0.15, 0.2) is 61.2 Å². The monoisotopic (exact) mass is 500 g/mol. The highest BCUT2D eigenvalue weighted by Crippen LogP contribution is 2.32. The van der Waals surface area contributed by atoms with Crippen LogP contribution in [-0.2, 0) is 29.2 Å². The van der Waals surface area contributed by atoms with Gasteiger partial charge in [0, 0.05) is 88.6 Å². The molecule has 0 spiro atoms. The van der Waals surface area contributed by atoms with Crippen LogP contribution in [0.4, 0.5) is 5.69 Å². The van der Waals surface area contributed by atoms with Crippen LogP contribution in [0.2, 0.25) is 0 Å². The van der Waals surface area contributed by atoms with E-state index >= 15 is 0 Å². The van der Waals surface area contributed by atoms with E-state index in [1.165, 1.54) is 5.56 Å². The number of para-hydroxylation sites is 1. The smallest absolute Gasteiger partial charge is 0.224 e. The number of hydrogen-bond acceptors (Lipinski definition) is 5. The maximum atomic E-state index is 13.7. The Labute approximate surface area is 218 Å². The Bertz CT molecular complexity index is 1230. The Morgan fingerprint density at radius 2 is 1.78 bits per heavy atom. The van der Waals surface area contributed by atoms with Gasteiger partial charge >= 0.3 is 0 Å². The zero-order valence-corrected chi connectivity index (χ0v) is 21.8. The van der Waals surface area contributed by atoms with Crippen molar-refractivity contribution >= 4 is 17.5 Å². The largest absolute Gasteiger partial charge is 0.337 e. The molecule has 1 aromatic carbocycles. The Balaban J connectivity index is 1.46. The SMILES string of the molecule is CC(=O)N1CC[C@H]2CC[C@@H](CN(C(=O)CCn3ccnc3C)Cc3ccccc31)N2Cc1ccncc1. The second kappa shape index (κ2) is 11.3. The quantitative estimate of drug-likeness (QED) is 0.533. The fourth-order valence-electron chi connectivity index (χ4n) is 5.84. The maximum absolute atomic E-state index is 13.7.